The van der Waals surface area contributed by atoms with Crippen LogP contribution in [0.4, 0.5) is 11.4 Å². The molecular weight excluding hydrogens is 492 g/mol. The number of fused-ring (bicyclic) bond motifs is 1. The average Bonchev–Trinajstić information content (AvgIpc) is 3.48. The Hall–Kier alpha value is -4.05. The van der Waals surface area contributed by atoms with E-state index in [1.54, 1.807) is 42.3 Å². The first kappa shape index (κ1) is 26.0. The molecule has 4 aromatic rings. The van der Waals surface area contributed by atoms with Gasteiger partial charge >= 0.3 is 0 Å². The van der Waals surface area contributed by atoms with Gasteiger partial charge in [-0.1, -0.05) is 50.2 Å². The van der Waals surface area contributed by atoms with Crippen molar-refractivity contribution in [3.05, 3.63) is 89.1 Å². The van der Waals surface area contributed by atoms with Crippen LogP contribution in [0.15, 0.2) is 87.1 Å². The Bertz CT molecular complexity index is 1540. The molecule has 0 aliphatic carbocycles. The number of hydrogen-bond donors (Lipinski definition) is 1. The molecule has 2 aromatic carbocycles. The van der Waals surface area contributed by atoms with Gasteiger partial charge in [-0.05, 0) is 30.3 Å². The third-order valence-electron chi connectivity index (χ3n) is 6.18. The van der Waals surface area contributed by atoms with Gasteiger partial charge in [0.05, 0.1) is 22.4 Å². The number of amides is 1. The summed E-state index contributed by atoms with van der Waals surface area (Å²) in [7, 11) is -2.38. The number of carbonyl (C=O) groups excluding carboxylic acids is 1. The lowest BCUT2D eigenvalue weighted by atomic mass is 10.1. The number of sulfonamides is 1. The number of pyridine rings is 1. The Morgan fingerprint density at radius 1 is 0.892 bits per heavy atom. The number of aryl methyl sites for hydroxylation is 1. The zero-order valence-corrected chi connectivity index (χ0v) is 21.9. The predicted molar refractivity (Wildman–Crippen MR) is 145 cm³/mol. The van der Waals surface area contributed by atoms with E-state index in [2.05, 4.69) is 4.72 Å². The van der Waals surface area contributed by atoms with Crippen LogP contribution in [0.2, 0.25) is 0 Å². The highest BCUT2D eigenvalue weighted by molar-refractivity contribution is 7.92. The predicted octanol–water partition coefficient (Wildman–Crippen LogP) is 3.92. The molecular formula is C27H30N4O5S. The first-order chi connectivity index (χ1) is 17.9. The first-order valence-electron chi connectivity index (χ1n) is 12.1. The van der Waals surface area contributed by atoms with Gasteiger partial charge in [-0.15, -0.1) is 0 Å². The standard InChI is InChI=1S/C25H24N4O5S.C2H6/c1-27-20-11-6-5-10-19(20)23(22(25(27)31)26-35(32,33)18-8-3-2-4-9-18)28-13-15-29(16-14-28)24(30)21-12-7-17-34-21;1-2/h2-12,17,26H,13-16H2,1H3;1-2H3. The van der Waals surface area contributed by atoms with Crippen molar-refractivity contribution in [2.45, 2.75) is 18.7 Å². The summed E-state index contributed by atoms with van der Waals surface area (Å²) in [6.45, 7) is 5.63. The smallest absolute Gasteiger partial charge is 0.289 e. The monoisotopic (exact) mass is 522 g/mol. The number of benzene rings is 2. The zero-order chi connectivity index (χ0) is 26.6. The van der Waals surface area contributed by atoms with E-state index >= 15 is 0 Å². The van der Waals surface area contributed by atoms with Crippen LogP contribution in [0, 0.1) is 0 Å². The van der Waals surface area contributed by atoms with Crippen molar-refractivity contribution in [3.8, 4) is 0 Å². The van der Waals surface area contributed by atoms with E-state index in [0.29, 0.717) is 37.4 Å². The van der Waals surface area contributed by atoms with Gasteiger partial charge in [0, 0.05) is 38.6 Å². The average molecular weight is 523 g/mol. The summed E-state index contributed by atoms with van der Waals surface area (Å²) in [5.74, 6) is 0.0716. The number of nitrogens with zero attached hydrogens (tertiary/aromatic N) is 3. The molecule has 0 bridgehead atoms. The molecule has 1 aliphatic rings. The zero-order valence-electron chi connectivity index (χ0n) is 21.0. The van der Waals surface area contributed by atoms with Crippen LogP contribution >= 0.6 is 0 Å². The van der Waals surface area contributed by atoms with Gasteiger partial charge in [0.2, 0.25) is 0 Å². The molecule has 0 saturated carbocycles. The van der Waals surface area contributed by atoms with E-state index in [0.717, 1.165) is 5.39 Å². The highest BCUT2D eigenvalue weighted by atomic mass is 32.2. The Kier molecular flexibility index (Phi) is 7.68. The maximum absolute atomic E-state index is 13.4. The fourth-order valence-electron chi connectivity index (χ4n) is 4.38. The van der Waals surface area contributed by atoms with E-state index in [-0.39, 0.29) is 22.3 Å². The summed E-state index contributed by atoms with van der Waals surface area (Å²) in [6, 6.07) is 18.6. The Morgan fingerprint density at radius 2 is 1.54 bits per heavy atom. The van der Waals surface area contributed by atoms with Crippen LogP contribution in [0.3, 0.4) is 0 Å². The minimum atomic E-state index is -4.00. The largest absolute Gasteiger partial charge is 0.459 e. The number of furan rings is 1. The fourth-order valence-corrected chi connectivity index (χ4v) is 5.47. The van der Waals surface area contributed by atoms with Crippen LogP contribution < -0.4 is 15.2 Å². The second-order valence-corrected chi connectivity index (χ2v) is 9.96. The summed E-state index contributed by atoms with van der Waals surface area (Å²) >= 11 is 0. The molecule has 194 valence electrons. The summed E-state index contributed by atoms with van der Waals surface area (Å²) in [5.41, 5.74) is 0.728. The highest BCUT2D eigenvalue weighted by Crippen LogP contribution is 2.34. The number of nitrogens with one attached hydrogen (secondary N) is 1. The van der Waals surface area contributed by atoms with Crippen LogP contribution in [0.25, 0.3) is 10.9 Å². The molecule has 1 amide bonds. The molecule has 1 fully saturated rings. The van der Waals surface area contributed by atoms with Crippen LogP contribution in [0.5, 0.6) is 0 Å². The second kappa shape index (κ2) is 10.9. The fraction of sp³-hybridized carbons (Fsp3) is 0.259. The quantitative estimate of drug-likeness (QED) is 0.426. The van der Waals surface area contributed by atoms with Gasteiger partial charge < -0.3 is 18.8 Å². The third kappa shape index (κ3) is 5.10. The molecule has 2 aromatic heterocycles. The molecule has 3 heterocycles. The number of aromatic nitrogens is 1. The minimum Gasteiger partial charge on any atom is -0.459 e. The first-order valence-corrected chi connectivity index (χ1v) is 13.6. The number of rotatable bonds is 5. The maximum atomic E-state index is 13.4. The van der Waals surface area contributed by atoms with E-state index in [1.165, 1.54) is 23.0 Å². The van der Waals surface area contributed by atoms with Gasteiger partial charge in [-0.25, -0.2) is 8.42 Å². The third-order valence-corrected chi connectivity index (χ3v) is 7.55. The molecule has 0 atom stereocenters. The van der Waals surface area contributed by atoms with Crippen molar-refractivity contribution in [2.75, 3.05) is 35.8 Å². The lowest BCUT2D eigenvalue weighted by Crippen LogP contribution is -2.49. The second-order valence-electron chi connectivity index (χ2n) is 8.28. The van der Waals surface area contributed by atoms with Crippen molar-refractivity contribution in [1.29, 1.82) is 0 Å². The molecule has 1 saturated heterocycles. The number of piperazine rings is 1. The summed E-state index contributed by atoms with van der Waals surface area (Å²) < 4.78 is 35.6. The van der Waals surface area contributed by atoms with Crippen molar-refractivity contribution < 1.29 is 17.6 Å². The van der Waals surface area contributed by atoms with E-state index in [9.17, 15) is 18.0 Å². The van der Waals surface area contributed by atoms with Crippen molar-refractivity contribution >= 4 is 38.2 Å². The van der Waals surface area contributed by atoms with Crippen LogP contribution in [-0.2, 0) is 17.1 Å². The number of carbonyl (C=O) groups is 1. The Balaban J connectivity index is 0.00000156. The molecule has 0 radical (unpaired) electrons. The van der Waals surface area contributed by atoms with E-state index in [1.807, 2.05) is 43.0 Å². The molecule has 1 aliphatic heterocycles. The Morgan fingerprint density at radius 3 is 2.19 bits per heavy atom. The maximum Gasteiger partial charge on any atom is 0.289 e. The summed E-state index contributed by atoms with van der Waals surface area (Å²) in [6.07, 6.45) is 1.46. The topological polar surface area (TPSA) is 105 Å². The SMILES string of the molecule is CC.Cn1c(=O)c(NS(=O)(=O)c2ccccc2)c(N2CCN(C(=O)c3ccco3)CC2)c2ccccc21. The normalized spacial score (nSPS) is 13.7. The van der Waals surface area contributed by atoms with Crippen LogP contribution in [-0.4, -0.2) is 50.0 Å². The van der Waals surface area contributed by atoms with Gasteiger partial charge in [0.15, 0.2) is 5.76 Å². The molecule has 10 heteroatoms. The van der Waals surface area contributed by atoms with Crippen molar-refractivity contribution in [3.63, 3.8) is 0 Å². The van der Waals surface area contributed by atoms with Gasteiger partial charge in [0.1, 0.15) is 5.69 Å². The molecule has 0 spiro atoms. The highest BCUT2D eigenvalue weighted by Gasteiger charge is 2.29. The lowest BCUT2D eigenvalue weighted by Gasteiger charge is -2.37. The molecule has 1 N–H and O–H groups in total. The van der Waals surface area contributed by atoms with Crippen LogP contribution in [0.1, 0.15) is 24.4 Å². The van der Waals surface area contributed by atoms with Gasteiger partial charge in [-0.3, -0.25) is 14.3 Å². The Labute approximate surface area is 216 Å². The molecule has 9 nitrogen and oxygen atoms in total. The number of anilines is 2. The number of hydrogen-bond acceptors (Lipinski definition) is 6. The summed E-state index contributed by atoms with van der Waals surface area (Å²) in [4.78, 5) is 29.8. The number of para-hydroxylation sites is 1. The van der Waals surface area contributed by atoms with Crippen molar-refractivity contribution in [1.82, 2.24) is 9.47 Å². The van der Waals surface area contributed by atoms with Gasteiger partial charge in [0.25, 0.3) is 21.5 Å². The van der Waals surface area contributed by atoms with Gasteiger partial charge in [-0.2, -0.15) is 0 Å². The minimum absolute atomic E-state index is 0.0131. The molecule has 37 heavy (non-hydrogen) atoms. The van der Waals surface area contributed by atoms with E-state index < -0.39 is 15.6 Å². The van der Waals surface area contributed by atoms with E-state index in [4.69, 9.17) is 4.42 Å². The molecule has 0 unspecified atom stereocenters. The van der Waals surface area contributed by atoms with Crippen molar-refractivity contribution in [2.24, 2.45) is 7.05 Å². The lowest BCUT2D eigenvalue weighted by molar-refractivity contribution is 0.0715. The summed E-state index contributed by atoms with van der Waals surface area (Å²) in [5, 5.41) is 0.742. The molecule has 5 rings (SSSR count).